The molecule has 1 fully saturated rings. The highest BCUT2D eigenvalue weighted by molar-refractivity contribution is 5.79. The Kier molecular flexibility index (Phi) is 4.37. The molecule has 0 spiro atoms. The molecule has 1 aliphatic rings. The third-order valence-electron chi connectivity index (χ3n) is 3.93. The van der Waals surface area contributed by atoms with Crippen LogP contribution in [0.5, 0.6) is 0 Å². The Morgan fingerprint density at radius 1 is 1.00 bits per heavy atom. The first kappa shape index (κ1) is 15.6. The van der Waals surface area contributed by atoms with E-state index in [0.717, 1.165) is 18.9 Å². The molecule has 0 radical (unpaired) electrons. The molecule has 0 N–H and O–H groups in total. The monoisotopic (exact) mass is 319 g/mol. The number of rotatable bonds is 5. The highest BCUT2D eigenvalue weighted by Crippen LogP contribution is 2.29. The van der Waals surface area contributed by atoms with Gasteiger partial charge in [-0.05, 0) is 36.6 Å². The van der Waals surface area contributed by atoms with Gasteiger partial charge >= 0.3 is 0 Å². The van der Waals surface area contributed by atoms with Gasteiger partial charge in [0, 0.05) is 24.2 Å². The molecule has 1 aliphatic carbocycles. The van der Waals surface area contributed by atoms with Crippen molar-refractivity contribution in [2.75, 3.05) is 0 Å². The zero-order chi connectivity index (χ0) is 16.4. The summed E-state index contributed by atoms with van der Waals surface area (Å²) < 4.78 is 39.7. The number of hydrogen-bond acceptors (Lipinski definition) is 1. The number of amides is 1. The Morgan fingerprint density at radius 2 is 1.65 bits per heavy atom. The van der Waals surface area contributed by atoms with Crippen LogP contribution < -0.4 is 0 Å². The SMILES string of the molecule is O=C(Cc1ccc(F)cc1)N(Cc1ccc(F)cc1F)C1CC1. The zero-order valence-electron chi connectivity index (χ0n) is 12.4. The van der Waals surface area contributed by atoms with Crippen molar-refractivity contribution in [3.63, 3.8) is 0 Å². The third kappa shape index (κ3) is 3.92. The average molecular weight is 319 g/mol. The van der Waals surface area contributed by atoms with Gasteiger partial charge in [0.15, 0.2) is 0 Å². The minimum Gasteiger partial charge on any atom is -0.335 e. The van der Waals surface area contributed by atoms with Crippen LogP contribution in [0.4, 0.5) is 13.2 Å². The molecule has 1 amide bonds. The number of hydrogen-bond donors (Lipinski definition) is 0. The molecule has 2 aromatic rings. The van der Waals surface area contributed by atoms with Gasteiger partial charge in [0.2, 0.25) is 5.91 Å². The molecule has 2 aromatic carbocycles. The van der Waals surface area contributed by atoms with E-state index in [1.54, 1.807) is 17.0 Å². The number of carbonyl (C=O) groups is 1. The van der Waals surface area contributed by atoms with E-state index in [1.807, 2.05) is 0 Å². The molecule has 5 heteroatoms. The predicted octanol–water partition coefficient (Wildman–Crippen LogP) is 3.84. The van der Waals surface area contributed by atoms with Crippen molar-refractivity contribution >= 4 is 5.91 Å². The fourth-order valence-electron chi connectivity index (χ4n) is 2.52. The van der Waals surface area contributed by atoms with Crippen molar-refractivity contribution in [3.05, 3.63) is 71.0 Å². The minimum atomic E-state index is -0.648. The maximum atomic E-state index is 13.8. The maximum Gasteiger partial charge on any atom is 0.227 e. The Labute approximate surface area is 132 Å². The molecule has 1 saturated carbocycles. The fraction of sp³-hybridized carbons (Fsp3) is 0.278. The van der Waals surface area contributed by atoms with Crippen molar-refractivity contribution in [2.45, 2.75) is 31.8 Å². The number of halogens is 3. The first-order chi connectivity index (χ1) is 11.0. The first-order valence-corrected chi connectivity index (χ1v) is 7.51. The maximum absolute atomic E-state index is 13.8. The van der Waals surface area contributed by atoms with Crippen LogP contribution in [0.3, 0.4) is 0 Å². The van der Waals surface area contributed by atoms with E-state index >= 15 is 0 Å². The molecule has 0 saturated heterocycles. The summed E-state index contributed by atoms with van der Waals surface area (Å²) in [5, 5.41) is 0. The van der Waals surface area contributed by atoms with Crippen LogP contribution in [-0.4, -0.2) is 16.8 Å². The van der Waals surface area contributed by atoms with Gasteiger partial charge in [0.25, 0.3) is 0 Å². The van der Waals surface area contributed by atoms with Crippen LogP contribution in [-0.2, 0) is 17.8 Å². The molecule has 23 heavy (non-hydrogen) atoms. The summed E-state index contributed by atoms with van der Waals surface area (Å²) >= 11 is 0. The van der Waals surface area contributed by atoms with Crippen LogP contribution in [0.2, 0.25) is 0 Å². The molecule has 0 aromatic heterocycles. The average Bonchev–Trinajstić information content (AvgIpc) is 3.33. The van der Waals surface area contributed by atoms with Crippen molar-refractivity contribution < 1.29 is 18.0 Å². The van der Waals surface area contributed by atoms with E-state index in [9.17, 15) is 18.0 Å². The predicted molar refractivity (Wildman–Crippen MR) is 80.0 cm³/mol. The first-order valence-electron chi connectivity index (χ1n) is 7.51. The number of benzene rings is 2. The summed E-state index contributed by atoms with van der Waals surface area (Å²) in [4.78, 5) is 14.1. The summed E-state index contributed by atoms with van der Waals surface area (Å²) in [5.41, 5.74) is 1.01. The van der Waals surface area contributed by atoms with E-state index in [-0.39, 0.29) is 30.7 Å². The fourth-order valence-corrected chi connectivity index (χ4v) is 2.52. The van der Waals surface area contributed by atoms with Gasteiger partial charge < -0.3 is 4.90 Å². The van der Waals surface area contributed by atoms with Crippen LogP contribution in [0.15, 0.2) is 42.5 Å². The topological polar surface area (TPSA) is 20.3 Å². The van der Waals surface area contributed by atoms with Gasteiger partial charge in [-0.1, -0.05) is 18.2 Å². The van der Waals surface area contributed by atoms with E-state index in [2.05, 4.69) is 0 Å². The normalized spacial score (nSPS) is 13.9. The molecule has 2 nitrogen and oxygen atoms in total. The number of carbonyl (C=O) groups excluding carboxylic acids is 1. The van der Waals surface area contributed by atoms with Gasteiger partial charge in [-0.3, -0.25) is 4.79 Å². The lowest BCUT2D eigenvalue weighted by molar-refractivity contribution is -0.131. The van der Waals surface area contributed by atoms with E-state index < -0.39 is 11.6 Å². The summed E-state index contributed by atoms with van der Waals surface area (Å²) in [5.74, 6) is -1.77. The summed E-state index contributed by atoms with van der Waals surface area (Å²) in [6.07, 6.45) is 1.91. The van der Waals surface area contributed by atoms with Crippen molar-refractivity contribution in [3.8, 4) is 0 Å². The highest BCUT2D eigenvalue weighted by atomic mass is 19.1. The summed E-state index contributed by atoms with van der Waals surface area (Å²) in [7, 11) is 0. The lowest BCUT2D eigenvalue weighted by atomic mass is 10.1. The number of nitrogens with zero attached hydrogens (tertiary/aromatic N) is 1. The summed E-state index contributed by atoms with van der Waals surface area (Å²) in [6, 6.07) is 9.23. The third-order valence-corrected chi connectivity index (χ3v) is 3.93. The highest BCUT2D eigenvalue weighted by Gasteiger charge is 2.32. The Balaban J connectivity index is 1.73. The minimum absolute atomic E-state index is 0.104. The second-order valence-corrected chi connectivity index (χ2v) is 5.79. The second-order valence-electron chi connectivity index (χ2n) is 5.79. The van der Waals surface area contributed by atoms with Crippen molar-refractivity contribution in [1.82, 2.24) is 4.90 Å². The lowest BCUT2D eigenvalue weighted by Crippen LogP contribution is -2.34. The van der Waals surface area contributed by atoms with Gasteiger partial charge in [-0.25, -0.2) is 13.2 Å². The largest absolute Gasteiger partial charge is 0.335 e. The summed E-state index contributed by atoms with van der Waals surface area (Å²) in [6.45, 7) is 0.122. The molecule has 0 bridgehead atoms. The van der Waals surface area contributed by atoms with Gasteiger partial charge in [0.1, 0.15) is 17.5 Å². The Hall–Kier alpha value is -2.30. The molecule has 120 valence electrons. The Bertz CT molecular complexity index is 711. The van der Waals surface area contributed by atoms with Crippen molar-refractivity contribution in [2.24, 2.45) is 0 Å². The molecular weight excluding hydrogens is 303 g/mol. The van der Waals surface area contributed by atoms with E-state index in [1.165, 1.54) is 24.3 Å². The van der Waals surface area contributed by atoms with Gasteiger partial charge in [-0.15, -0.1) is 0 Å². The lowest BCUT2D eigenvalue weighted by Gasteiger charge is -2.23. The Morgan fingerprint density at radius 3 is 2.26 bits per heavy atom. The van der Waals surface area contributed by atoms with E-state index in [0.29, 0.717) is 11.1 Å². The molecule has 3 rings (SSSR count). The van der Waals surface area contributed by atoms with E-state index in [4.69, 9.17) is 0 Å². The molecule has 0 heterocycles. The standard InChI is InChI=1S/C18H16F3NO/c19-14-4-1-12(2-5-14)9-18(23)22(16-7-8-16)11-13-3-6-15(20)10-17(13)21/h1-6,10,16H,7-9,11H2. The quantitative estimate of drug-likeness (QED) is 0.820. The van der Waals surface area contributed by atoms with Crippen LogP contribution in [0, 0.1) is 17.5 Å². The van der Waals surface area contributed by atoms with Gasteiger partial charge in [0.05, 0.1) is 6.42 Å². The van der Waals surface area contributed by atoms with Gasteiger partial charge in [-0.2, -0.15) is 0 Å². The molecular formula is C18H16F3NO. The van der Waals surface area contributed by atoms with Crippen LogP contribution in [0.25, 0.3) is 0 Å². The smallest absolute Gasteiger partial charge is 0.227 e. The molecule has 0 aliphatic heterocycles. The van der Waals surface area contributed by atoms with Crippen LogP contribution >= 0.6 is 0 Å². The second kappa shape index (κ2) is 6.44. The molecule has 0 unspecified atom stereocenters. The molecule has 0 atom stereocenters. The van der Waals surface area contributed by atoms with Crippen molar-refractivity contribution in [1.29, 1.82) is 0 Å². The zero-order valence-corrected chi connectivity index (χ0v) is 12.4. The van der Waals surface area contributed by atoms with Crippen LogP contribution in [0.1, 0.15) is 24.0 Å².